The summed E-state index contributed by atoms with van der Waals surface area (Å²) in [6.45, 7) is 4.78. The summed E-state index contributed by atoms with van der Waals surface area (Å²) in [4.78, 5) is 4.77. The van der Waals surface area contributed by atoms with Crippen LogP contribution in [0.1, 0.15) is 19.4 Å². The van der Waals surface area contributed by atoms with Crippen molar-refractivity contribution < 1.29 is 4.84 Å². The third-order valence-electron chi connectivity index (χ3n) is 2.98. The summed E-state index contributed by atoms with van der Waals surface area (Å²) in [5.41, 5.74) is 1.19. The second-order valence-corrected chi connectivity index (χ2v) is 4.76. The van der Waals surface area contributed by atoms with Crippen LogP contribution >= 0.6 is 0 Å². The first kappa shape index (κ1) is 11.1. The van der Waals surface area contributed by atoms with Crippen molar-refractivity contribution in [1.29, 1.82) is 0 Å². The highest BCUT2D eigenvalue weighted by atomic mass is 16.6. The van der Waals surface area contributed by atoms with Crippen LogP contribution in [-0.4, -0.2) is 6.61 Å². The van der Waals surface area contributed by atoms with Crippen LogP contribution in [0.25, 0.3) is 10.8 Å². The third-order valence-corrected chi connectivity index (χ3v) is 2.98. The second kappa shape index (κ2) is 4.24. The molecule has 2 nitrogen and oxygen atoms in total. The number of nitrogens with two attached hydrogens (primary N) is 1. The van der Waals surface area contributed by atoms with E-state index in [1.165, 1.54) is 16.3 Å². The molecular weight excluding hydrogens is 198 g/mol. The van der Waals surface area contributed by atoms with Crippen LogP contribution < -0.4 is 5.90 Å². The van der Waals surface area contributed by atoms with Gasteiger partial charge in [-0.05, 0) is 16.3 Å². The van der Waals surface area contributed by atoms with Gasteiger partial charge in [-0.25, -0.2) is 5.90 Å². The predicted octanol–water partition coefficient (Wildman–Crippen LogP) is 3.01. The van der Waals surface area contributed by atoms with Crippen molar-refractivity contribution >= 4 is 10.8 Å². The second-order valence-electron chi connectivity index (χ2n) is 4.76. The van der Waals surface area contributed by atoms with Crippen molar-refractivity contribution in [1.82, 2.24) is 0 Å². The molecule has 0 radical (unpaired) electrons. The Kier molecular flexibility index (Phi) is 2.95. The molecule has 0 atom stereocenters. The first-order chi connectivity index (χ1) is 7.63. The van der Waals surface area contributed by atoms with E-state index in [9.17, 15) is 0 Å². The highest BCUT2D eigenvalue weighted by molar-refractivity contribution is 5.83. The average molecular weight is 215 g/mol. The van der Waals surface area contributed by atoms with Gasteiger partial charge in [0.2, 0.25) is 0 Å². The lowest BCUT2D eigenvalue weighted by molar-refractivity contribution is 0.0965. The molecule has 0 bridgehead atoms. The number of hydrogen-bond acceptors (Lipinski definition) is 2. The van der Waals surface area contributed by atoms with E-state index in [1.54, 1.807) is 0 Å². The quantitative estimate of drug-likeness (QED) is 0.799. The molecule has 84 valence electrons. The number of rotatable bonds is 3. The van der Waals surface area contributed by atoms with Gasteiger partial charge in [0.15, 0.2) is 0 Å². The zero-order valence-electron chi connectivity index (χ0n) is 9.73. The first-order valence-corrected chi connectivity index (χ1v) is 5.44. The van der Waals surface area contributed by atoms with Gasteiger partial charge in [0, 0.05) is 5.41 Å². The minimum atomic E-state index is -0.0568. The summed E-state index contributed by atoms with van der Waals surface area (Å²) < 4.78 is 0. The molecule has 0 heterocycles. The SMILES string of the molecule is CC(C)(CON)c1ccc2ccccc2c1. The summed E-state index contributed by atoms with van der Waals surface area (Å²) >= 11 is 0. The molecule has 0 aliphatic heterocycles. The summed E-state index contributed by atoms with van der Waals surface area (Å²) in [5.74, 6) is 5.16. The van der Waals surface area contributed by atoms with E-state index in [0.29, 0.717) is 6.61 Å². The van der Waals surface area contributed by atoms with Crippen LogP contribution in [0.5, 0.6) is 0 Å². The van der Waals surface area contributed by atoms with Crippen LogP contribution in [0.4, 0.5) is 0 Å². The van der Waals surface area contributed by atoms with Crippen molar-refractivity contribution in [2.45, 2.75) is 19.3 Å². The molecule has 0 unspecified atom stereocenters. The molecular formula is C14H17NO. The number of benzene rings is 2. The van der Waals surface area contributed by atoms with E-state index < -0.39 is 0 Å². The van der Waals surface area contributed by atoms with E-state index in [-0.39, 0.29) is 5.41 Å². The molecule has 0 saturated carbocycles. The van der Waals surface area contributed by atoms with Crippen LogP contribution in [0.15, 0.2) is 42.5 Å². The number of hydrogen-bond donors (Lipinski definition) is 1. The van der Waals surface area contributed by atoms with E-state index in [1.807, 2.05) is 0 Å². The molecule has 2 rings (SSSR count). The molecule has 0 aliphatic carbocycles. The lowest BCUT2D eigenvalue weighted by Gasteiger charge is -2.24. The molecule has 0 aromatic heterocycles. The molecule has 2 heteroatoms. The zero-order chi connectivity index (χ0) is 11.6. The minimum absolute atomic E-state index is 0.0568. The van der Waals surface area contributed by atoms with Gasteiger partial charge in [-0.15, -0.1) is 0 Å². The predicted molar refractivity (Wildman–Crippen MR) is 67.1 cm³/mol. The summed E-state index contributed by atoms with van der Waals surface area (Å²) in [7, 11) is 0. The van der Waals surface area contributed by atoms with Crippen molar-refractivity contribution in [3.63, 3.8) is 0 Å². The van der Waals surface area contributed by atoms with Crippen molar-refractivity contribution in [2.24, 2.45) is 5.90 Å². The van der Waals surface area contributed by atoms with Gasteiger partial charge in [-0.1, -0.05) is 56.3 Å². The first-order valence-electron chi connectivity index (χ1n) is 5.44. The maximum absolute atomic E-state index is 5.16. The fourth-order valence-electron chi connectivity index (χ4n) is 1.90. The fraction of sp³-hybridized carbons (Fsp3) is 0.286. The highest BCUT2D eigenvalue weighted by Gasteiger charge is 2.20. The Hall–Kier alpha value is -1.38. The smallest absolute Gasteiger partial charge is 0.0770 e. The molecule has 0 fully saturated rings. The maximum Gasteiger partial charge on any atom is 0.0770 e. The molecule has 0 amide bonds. The molecule has 16 heavy (non-hydrogen) atoms. The molecule has 0 spiro atoms. The lowest BCUT2D eigenvalue weighted by atomic mass is 9.84. The minimum Gasteiger partial charge on any atom is -0.304 e. The number of fused-ring (bicyclic) bond motifs is 1. The van der Waals surface area contributed by atoms with E-state index >= 15 is 0 Å². The molecule has 2 aromatic carbocycles. The van der Waals surface area contributed by atoms with Crippen LogP contribution in [0, 0.1) is 0 Å². The standard InChI is InChI=1S/C14H17NO/c1-14(2,10-16-15)13-8-7-11-5-3-4-6-12(11)9-13/h3-9H,10,15H2,1-2H3. The van der Waals surface area contributed by atoms with E-state index in [0.717, 1.165) is 0 Å². The molecule has 0 aliphatic rings. The van der Waals surface area contributed by atoms with Crippen molar-refractivity contribution in [3.8, 4) is 0 Å². The summed E-state index contributed by atoms with van der Waals surface area (Å²) in [5, 5.41) is 2.51. The van der Waals surface area contributed by atoms with Gasteiger partial charge in [0.05, 0.1) is 6.61 Å². The average Bonchev–Trinajstić information content (AvgIpc) is 2.28. The topological polar surface area (TPSA) is 35.2 Å². The summed E-state index contributed by atoms with van der Waals surface area (Å²) in [6, 6.07) is 14.8. The van der Waals surface area contributed by atoms with E-state index in [2.05, 4.69) is 56.3 Å². The van der Waals surface area contributed by atoms with Gasteiger partial charge in [-0.2, -0.15) is 0 Å². The lowest BCUT2D eigenvalue weighted by Crippen LogP contribution is -2.26. The van der Waals surface area contributed by atoms with Gasteiger partial charge in [-0.3, -0.25) is 0 Å². The third kappa shape index (κ3) is 2.08. The largest absolute Gasteiger partial charge is 0.304 e. The Morgan fingerprint density at radius 2 is 1.75 bits per heavy atom. The van der Waals surface area contributed by atoms with Gasteiger partial charge < -0.3 is 4.84 Å². The van der Waals surface area contributed by atoms with Gasteiger partial charge in [0.25, 0.3) is 0 Å². The van der Waals surface area contributed by atoms with Crippen LogP contribution in [0.2, 0.25) is 0 Å². The molecule has 0 saturated heterocycles. The van der Waals surface area contributed by atoms with Crippen molar-refractivity contribution in [3.05, 3.63) is 48.0 Å². The Balaban J connectivity index is 2.46. The van der Waals surface area contributed by atoms with Gasteiger partial charge in [0.1, 0.15) is 0 Å². The van der Waals surface area contributed by atoms with E-state index in [4.69, 9.17) is 10.7 Å². The van der Waals surface area contributed by atoms with Crippen LogP contribution in [0.3, 0.4) is 0 Å². The highest BCUT2D eigenvalue weighted by Crippen LogP contribution is 2.26. The molecule has 2 aromatic rings. The zero-order valence-corrected chi connectivity index (χ0v) is 9.73. The maximum atomic E-state index is 5.16. The molecule has 2 N–H and O–H groups in total. The van der Waals surface area contributed by atoms with Crippen molar-refractivity contribution in [2.75, 3.05) is 6.61 Å². The monoisotopic (exact) mass is 215 g/mol. The van der Waals surface area contributed by atoms with Gasteiger partial charge >= 0.3 is 0 Å². The Labute approximate surface area is 96.0 Å². The Morgan fingerprint density at radius 3 is 2.44 bits per heavy atom. The fourth-order valence-corrected chi connectivity index (χ4v) is 1.90. The Bertz CT molecular complexity index is 491. The van der Waals surface area contributed by atoms with Crippen LogP contribution in [-0.2, 0) is 10.3 Å². The normalized spacial score (nSPS) is 11.9. The summed E-state index contributed by atoms with van der Waals surface area (Å²) in [6.07, 6.45) is 0. The Morgan fingerprint density at radius 1 is 1.06 bits per heavy atom.